The van der Waals surface area contributed by atoms with Gasteiger partial charge in [0.2, 0.25) is 0 Å². The molecule has 0 saturated heterocycles. The Bertz CT molecular complexity index is 932. The highest BCUT2D eigenvalue weighted by molar-refractivity contribution is 6.36. The molecule has 3 rings (SSSR count). The lowest BCUT2D eigenvalue weighted by Gasteiger charge is -2.16. The predicted molar refractivity (Wildman–Crippen MR) is 115 cm³/mol. The first-order valence-corrected chi connectivity index (χ1v) is 10.0. The van der Waals surface area contributed by atoms with Gasteiger partial charge in [-0.3, -0.25) is 14.5 Å². The van der Waals surface area contributed by atoms with E-state index < -0.39 is 0 Å². The van der Waals surface area contributed by atoms with E-state index >= 15 is 0 Å². The summed E-state index contributed by atoms with van der Waals surface area (Å²) in [6, 6.07) is 15.2. The highest BCUT2D eigenvalue weighted by Gasteiger charge is 2.38. The molecule has 0 fully saturated rings. The number of anilines is 1. The second-order valence-electron chi connectivity index (χ2n) is 7.52. The third-order valence-corrected chi connectivity index (χ3v) is 5.07. The first kappa shape index (κ1) is 20.8. The van der Waals surface area contributed by atoms with Crippen molar-refractivity contribution >= 4 is 23.1 Å². The second kappa shape index (κ2) is 9.05. The Morgan fingerprint density at radius 3 is 2.38 bits per heavy atom. The smallest absolute Gasteiger partial charge is 0.278 e. The van der Waals surface area contributed by atoms with Gasteiger partial charge in [-0.2, -0.15) is 0 Å². The van der Waals surface area contributed by atoms with Gasteiger partial charge >= 0.3 is 0 Å². The Balaban J connectivity index is 1.91. The zero-order valence-corrected chi connectivity index (χ0v) is 17.5. The molecule has 0 radical (unpaired) electrons. The maximum absolute atomic E-state index is 13.2. The number of nitrogens with one attached hydrogen (secondary N) is 1. The molecule has 0 unspecified atom stereocenters. The number of rotatable bonds is 8. The fourth-order valence-electron chi connectivity index (χ4n) is 3.33. The lowest BCUT2D eigenvalue weighted by molar-refractivity contribution is -0.137. The summed E-state index contributed by atoms with van der Waals surface area (Å²) >= 11 is 0. The van der Waals surface area contributed by atoms with Gasteiger partial charge in [0.05, 0.1) is 11.7 Å². The summed E-state index contributed by atoms with van der Waals surface area (Å²) < 4.78 is 5.56. The quantitative estimate of drug-likeness (QED) is 0.537. The molecule has 1 aliphatic heterocycles. The number of benzene rings is 2. The Morgan fingerprint density at radius 1 is 0.966 bits per heavy atom. The second-order valence-corrected chi connectivity index (χ2v) is 7.52. The lowest BCUT2D eigenvalue weighted by Crippen LogP contribution is -2.34. The van der Waals surface area contributed by atoms with Gasteiger partial charge in [0.1, 0.15) is 5.70 Å². The van der Waals surface area contributed by atoms with Gasteiger partial charge in [-0.1, -0.05) is 42.5 Å². The summed E-state index contributed by atoms with van der Waals surface area (Å²) in [4.78, 5) is 27.7. The summed E-state index contributed by atoms with van der Waals surface area (Å²) in [5.41, 5.74) is 4.49. The van der Waals surface area contributed by atoms with Gasteiger partial charge < -0.3 is 10.1 Å². The number of aryl methyl sites for hydroxylation is 1. The van der Waals surface area contributed by atoms with Crippen LogP contribution in [0.2, 0.25) is 0 Å². The minimum Gasteiger partial charge on any atom is -0.379 e. The summed E-state index contributed by atoms with van der Waals surface area (Å²) in [7, 11) is 0. The molecular weight excluding hydrogens is 364 g/mol. The van der Waals surface area contributed by atoms with Gasteiger partial charge in [-0.05, 0) is 56.9 Å². The maximum Gasteiger partial charge on any atom is 0.278 e. The number of carbonyl (C=O) groups excluding carboxylic acids is 2. The molecule has 152 valence electrons. The van der Waals surface area contributed by atoms with Crippen LogP contribution in [0.5, 0.6) is 0 Å². The maximum atomic E-state index is 13.2. The van der Waals surface area contributed by atoms with E-state index in [0.717, 1.165) is 22.4 Å². The molecule has 1 aliphatic rings. The standard InChI is InChI=1S/C24H28N2O3/c1-16(2)29-15-9-14-26-23(27)21(19-11-6-5-7-12-19)22(24(26)28)25-20-13-8-10-17(3)18(20)4/h5-8,10-13,16,25H,9,14-15H2,1-4H3. The highest BCUT2D eigenvalue weighted by atomic mass is 16.5. The molecule has 2 amide bonds. The van der Waals surface area contributed by atoms with Gasteiger partial charge in [-0.25, -0.2) is 0 Å². The van der Waals surface area contributed by atoms with Crippen molar-refractivity contribution in [1.29, 1.82) is 0 Å². The van der Waals surface area contributed by atoms with Crippen LogP contribution in [0.15, 0.2) is 54.2 Å². The Morgan fingerprint density at radius 2 is 1.69 bits per heavy atom. The summed E-state index contributed by atoms with van der Waals surface area (Å²) in [5.74, 6) is -0.558. The molecule has 0 aliphatic carbocycles. The molecule has 2 aromatic carbocycles. The molecule has 5 heteroatoms. The zero-order chi connectivity index (χ0) is 21.0. The number of hydrogen-bond acceptors (Lipinski definition) is 4. The first-order chi connectivity index (χ1) is 13.9. The monoisotopic (exact) mass is 392 g/mol. The molecule has 0 spiro atoms. The number of hydrogen-bond donors (Lipinski definition) is 1. The average molecular weight is 392 g/mol. The third-order valence-electron chi connectivity index (χ3n) is 5.07. The molecule has 1 N–H and O–H groups in total. The predicted octanol–water partition coefficient (Wildman–Crippen LogP) is 4.31. The molecular formula is C24H28N2O3. The Labute approximate surface area is 172 Å². The summed E-state index contributed by atoms with van der Waals surface area (Å²) in [5, 5.41) is 3.25. The van der Waals surface area contributed by atoms with Crippen LogP contribution in [0.4, 0.5) is 5.69 Å². The number of imide groups is 1. The van der Waals surface area contributed by atoms with Crippen molar-refractivity contribution in [3.63, 3.8) is 0 Å². The van der Waals surface area contributed by atoms with Gasteiger partial charge in [-0.15, -0.1) is 0 Å². The number of amides is 2. The minimum absolute atomic E-state index is 0.125. The van der Waals surface area contributed by atoms with Crippen LogP contribution in [0.3, 0.4) is 0 Å². The third kappa shape index (κ3) is 4.57. The Hall–Kier alpha value is -2.92. The van der Waals surface area contributed by atoms with E-state index in [-0.39, 0.29) is 17.9 Å². The zero-order valence-electron chi connectivity index (χ0n) is 17.5. The van der Waals surface area contributed by atoms with Gasteiger partial charge in [0.15, 0.2) is 0 Å². The molecule has 1 heterocycles. The largest absolute Gasteiger partial charge is 0.379 e. The Kier molecular flexibility index (Phi) is 6.49. The van der Waals surface area contributed by atoms with E-state index in [0.29, 0.717) is 30.8 Å². The molecule has 2 aromatic rings. The fourth-order valence-corrected chi connectivity index (χ4v) is 3.33. The van der Waals surface area contributed by atoms with Crippen LogP contribution < -0.4 is 5.32 Å². The van der Waals surface area contributed by atoms with Crippen LogP contribution in [0.1, 0.15) is 37.0 Å². The van der Waals surface area contributed by atoms with Crippen molar-refractivity contribution in [3.05, 3.63) is 70.9 Å². The molecule has 29 heavy (non-hydrogen) atoms. The molecule has 0 aromatic heterocycles. The average Bonchev–Trinajstić information content (AvgIpc) is 2.93. The minimum atomic E-state index is -0.292. The van der Waals surface area contributed by atoms with Crippen molar-refractivity contribution in [2.75, 3.05) is 18.5 Å². The highest BCUT2D eigenvalue weighted by Crippen LogP contribution is 2.31. The van der Waals surface area contributed by atoms with Crippen molar-refractivity contribution in [1.82, 2.24) is 4.90 Å². The van der Waals surface area contributed by atoms with Crippen molar-refractivity contribution < 1.29 is 14.3 Å². The van der Waals surface area contributed by atoms with E-state index in [1.807, 2.05) is 76.2 Å². The van der Waals surface area contributed by atoms with Crippen molar-refractivity contribution in [3.8, 4) is 0 Å². The number of carbonyl (C=O) groups is 2. The molecule has 0 bridgehead atoms. The van der Waals surface area contributed by atoms with E-state index in [2.05, 4.69) is 5.32 Å². The fraction of sp³-hybridized carbons (Fsp3) is 0.333. The number of nitrogens with zero attached hydrogens (tertiary/aromatic N) is 1. The van der Waals surface area contributed by atoms with E-state index in [1.54, 1.807) is 0 Å². The first-order valence-electron chi connectivity index (χ1n) is 10.0. The van der Waals surface area contributed by atoms with Gasteiger partial charge in [0, 0.05) is 18.8 Å². The van der Waals surface area contributed by atoms with E-state index in [9.17, 15) is 9.59 Å². The summed E-state index contributed by atoms with van der Waals surface area (Å²) in [6.07, 6.45) is 0.730. The topological polar surface area (TPSA) is 58.6 Å². The lowest BCUT2D eigenvalue weighted by atomic mass is 10.0. The van der Waals surface area contributed by atoms with Gasteiger partial charge in [0.25, 0.3) is 11.8 Å². The molecule has 0 saturated carbocycles. The van der Waals surface area contributed by atoms with E-state index in [1.165, 1.54) is 4.90 Å². The number of ether oxygens (including phenoxy) is 1. The van der Waals surface area contributed by atoms with Crippen molar-refractivity contribution in [2.24, 2.45) is 0 Å². The van der Waals surface area contributed by atoms with Crippen LogP contribution in [0.25, 0.3) is 5.57 Å². The van der Waals surface area contributed by atoms with Crippen LogP contribution in [0, 0.1) is 13.8 Å². The van der Waals surface area contributed by atoms with Crippen LogP contribution in [-0.4, -0.2) is 36.0 Å². The molecule has 5 nitrogen and oxygen atoms in total. The van der Waals surface area contributed by atoms with Crippen LogP contribution in [-0.2, 0) is 14.3 Å². The normalized spacial score (nSPS) is 14.3. The van der Waals surface area contributed by atoms with Crippen molar-refractivity contribution in [2.45, 2.75) is 40.2 Å². The van der Waals surface area contributed by atoms with E-state index in [4.69, 9.17) is 4.74 Å². The molecule has 0 atom stereocenters. The summed E-state index contributed by atoms with van der Waals surface area (Å²) in [6.45, 7) is 8.80. The van der Waals surface area contributed by atoms with Crippen LogP contribution >= 0.6 is 0 Å². The SMILES string of the molecule is Cc1cccc(NC2=C(c3ccccc3)C(=O)N(CCCOC(C)C)C2=O)c1C.